The quantitative estimate of drug-likeness (QED) is 0.174. The van der Waals surface area contributed by atoms with Crippen LogP contribution in [0.25, 0.3) is 83.9 Å². The van der Waals surface area contributed by atoms with E-state index in [0.29, 0.717) is 34.3 Å². The summed E-state index contributed by atoms with van der Waals surface area (Å²) in [5.74, 6) is 1.39. The van der Waals surface area contributed by atoms with Crippen LogP contribution < -0.4 is 0 Å². The van der Waals surface area contributed by atoms with E-state index in [0.717, 1.165) is 50.1 Å². The molecule has 0 saturated heterocycles. The molecular formula is C46H29F3N4. The van der Waals surface area contributed by atoms with Gasteiger partial charge in [0.05, 0.1) is 22.3 Å². The van der Waals surface area contributed by atoms with E-state index in [2.05, 4.69) is 34.9 Å². The van der Waals surface area contributed by atoms with E-state index in [9.17, 15) is 13.2 Å². The lowest BCUT2D eigenvalue weighted by Crippen LogP contribution is -2.08. The zero-order valence-electron chi connectivity index (χ0n) is 28.2. The smallest absolute Gasteiger partial charge is 0.309 e. The summed E-state index contributed by atoms with van der Waals surface area (Å²) < 4.78 is 46.0. The van der Waals surface area contributed by atoms with E-state index < -0.39 is 11.7 Å². The molecule has 9 rings (SSSR count). The van der Waals surface area contributed by atoms with Gasteiger partial charge in [0.25, 0.3) is 0 Å². The predicted octanol–water partition coefficient (Wildman–Crippen LogP) is 12.3. The van der Waals surface area contributed by atoms with Gasteiger partial charge in [0.2, 0.25) is 0 Å². The minimum Gasteiger partial charge on any atom is -0.309 e. The van der Waals surface area contributed by atoms with Crippen molar-refractivity contribution in [2.45, 2.75) is 6.18 Å². The molecule has 7 aromatic carbocycles. The van der Waals surface area contributed by atoms with Gasteiger partial charge in [0, 0.05) is 33.0 Å². The van der Waals surface area contributed by atoms with Crippen molar-refractivity contribution >= 4 is 21.8 Å². The highest BCUT2D eigenvalue weighted by Gasteiger charge is 2.34. The Morgan fingerprint density at radius 2 is 0.887 bits per heavy atom. The van der Waals surface area contributed by atoms with Crippen LogP contribution in [-0.4, -0.2) is 19.5 Å². The lowest BCUT2D eigenvalue weighted by molar-refractivity contribution is -0.137. The molecule has 0 aliphatic heterocycles. The summed E-state index contributed by atoms with van der Waals surface area (Å²) >= 11 is 0. The lowest BCUT2D eigenvalue weighted by Gasteiger charge is -2.19. The summed E-state index contributed by atoms with van der Waals surface area (Å²) in [5, 5.41) is 1.97. The molecule has 9 aromatic rings. The van der Waals surface area contributed by atoms with Crippen molar-refractivity contribution in [3.05, 3.63) is 181 Å². The summed E-state index contributed by atoms with van der Waals surface area (Å²) in [5.41, 5.74) is 6.49. The summed E-state index contributed by atoms with van der Waals surface area (Å²) in [4.78, 5) is 14.7. The zero-order chi connectivity index (χ0) is 35.9. The van der Waals surface area contributed by atoms with Gasteiger partial charge in [0.15, 0.2) is 17.5 Å². The molecule has 254 valence electrons. The fraction of sp³-hybridized carbons (Fsp3) is 0.0217. The molecule has 0 amide bonds. The molecular weight excluding hydrogens is 666 g/mol. The van der Waals surface area contributed by atoms with E-state index in [1.807, 2.05) is 109 Å². The Labute approximate surface area is 303 Å². The molecule has 4 nitrogen and oxygen atoms in total. The molecule has 0 N–H and O–H groups in total. The molecule has 2 aromatic heterocycles. The maximum Gasteiger partial charge on any atom is 0.417 e. The number of aromatic nitrogens is 4. The first-order valence-electron chi connectivity index (χ1n) is 17.2. The zero-order valence-corrected chi connectivity index (χ0v) is 28.2. The van der Waals surface area contributed by atoms with Gasteiger partial charge >= 0.3 is 6.18 Å². The third-order valence-corrected chi connectivity index (χ3v) is 9.50. The third-order valence-electron chi connectivity index (χ3n) is 9.50. The first-order chi connectivity index (χ1) is 25.9. The van der Waals surface area contributed by atoms with E-state index in [-0.39, 0.29) is 5.56 Å². The molecule has 0 bridgehead atoms. The van der Waals surface area contributed by atoms with Gasteiger partial charge in [0.1, 0.15) is 0 Å². The number of fused-ring (bicyclic) bond motifs is 3. The summed E-state index contributed by atoms with van der Waals surface area (Å²) in [7, 11) is 0. The first kappa shape index (κ1) is 32.1. The molecule has 0 spiro atoms. The monoisotopic (exact) mass is 694 g/mol. The molecule has 2 heterocycles. The molecule has 0 aliphatic rings. The Bertz CT molecular complexity index is 2700. The maximum atomic E-state index is 14.6. The highest BCUT2D eigenvalue weighted by molar-refractivity contribution is 6.11. The molecule has 0 fully saturated rings. The molecule has 0 atom stereocenters. The topological polar surface area (TPSA) is 43.6 Å². The fourth-order valence-electron chi connectivity index (χ4n) is 7.03. The van der Waals surface area contributed by atoms with Crippen LogP contribution in [0.3, 0.4) is 0 Å². The average molecular weight is 695 g/mol. The minimum atomic E-state index is -4.57. The van der Waals surface area contributed by atoms with Crippen LogP contribution in [0.15, 0.2) is 176 Å². The second kappa shape index (κ2) is 13.0. The molecule has 0 saturated carbocycles. The van der Waals surface area contributed by atoms with Gasteiger partial charge in [-0.05, 0) is 47.0 Å². The number of hydrogen-bond acceptors (Lipinski definition) is 3. The third kappa shape index (κ3) is 5.92. The van der Waals surface area contributed by atoms with Gasteiger partial charge in [-0.2, -0.15) is 13.2 Å². The number of nitrogens with zero attached hydrogens (tertiary/aromatic N) is 4. The second-order valence-electron chi connectivity index (χ2n) is 12.8. The highest BCUT2D eigenvalue weighted by Crippen LogP contribution is 2.43. The number of hydrogen-bond donors (Lipinski definition) is 0. The van der Waals surface area contributed by atoms with Gasteiger partial charge < -0.3 is 4.57 Å². The average Bonchev–Trinajstić information content (AvgIpc) is 3.54. The van der Waals surface area contributed by atoms with Crippen molar-refractivity contribution in [3.8, 4) is 62.1 Å². The van der Waals surface area contributed by atoms with Crippen LogP contribution in [-0.2, 0) is 6.18 Å². The Balaban J connectivity index is 1.34. The Morgan fingerprint density at radius 1 is 0.377 bits per heavy atom. The van der Waals surface area contributed by atoms with Crippen molar-refractivity contribution in [1.82, 2.24) is 19.5 Å². The Hall–Kier alpha value is -6.86. The van der Waals surface area contributed by atoms with Crippen LogP contribution in [0.4, 0.5) is 13.2 Å². The van der Waals surface area contributed by atoms with Gasteiger partial charge in [-0.15, -0.1) is 0 Å². The van der Waals surface area contributed by atoms with E-state index >= 15 is 0 Å². The standard InChI is InChI=1S/C46H29F3N4/c47-46(48,49)39-22-12-10-20-35(39)37-26-24-34(45-51-43(31-16-6-2-7-17-31)50-44(52-45)32-18-8-3-9-19-32)29-42(37)53-40-23-13-11-21-36(40)38-28-33(25-27-41(38)53)30-14-4-1-5-15-30/h1-29H. The molecule has 0 aliphatic carbocycles. The van der Waals surface area contributed by atoms with Crippen molar-refractivity contribution in [1.29, 1.82) is 0 Å². The lowest BCUT2D eigenvalue weighted by atomic mass is 9.96. The van der Waals surface area contributed by atoms with Gasteiger partial charge in [-0.25, -0.2) is 15.0 Å². The van der Waals surface area contributed by atoms with Crippen LogP contribution >= 0.6 is 0 Å². The van der Waals surface area contributed by atoms with Crippen molar-refractivity contribution in [2.75, 3.05) is 0 Å². The van der Waals surface area contributed by atoms with Crippen LogP contribution in [0.2, 0.25) is 0 Å². The van der Waals surface area contributed by atoms with Crippen molar-refractivity contribution in [2.24, 2.45) is 0 Å². The normalized spacial score (nSPS) is 11.7. The summed E-state index contributed by atoms with van der Waals surface area (Å²) in [6, 6.07) is 54.9. The summed E-state index contributed by atoms with van der Waals surface area (Å²) in [6.45, 7) is 0. The number of alkyl halides is 3. The molecule has 0 radical (unpaired) electrons. The van der Waals surface area contributed by atoms with Gasteiger partial charge in [-0.3, -0.25) is 0 Å². The van der Waals surface area contributed by atoms with Crippen LogP contribution in [0.5, 0.6) is 0 Å². The van der Waals surface area contributed by atoms with Crippen molar-refractivity contribution < 1.29 is 13.2 Å². The number of rotatable bonds is 6. The predicted molar refractivity (Wildman–Crippen MR) is 206 cm³/mol. The maximum absolute atomic E-state index is 14.6. The number of para-hydroxylation sites is 1. The number of benzene rings is 7. The highest BCUT2D eigenvalue weighted by atomic mass is 19.4. The second-order valence-corrected chi connectivity index (χ2v) is 12.8. The van der Waals surface area contributed by atoms with Crippen LogP contribution in [0, 0.1) is 0 Å². The number of halogens is 3. The molecule has 0 unspecified atom stereocenters. The molecule has 53 heavy (non-hydrogen) atoms. The fourth-order valence-corrected chi connectivity index (χ4v) is 7.03. The SMILES string of the molecule is FC(F)(F)c1ccccc1-c1ccc(-c2nc(-c3ccccc3)nc(-c3ccccc3)n2)cc1-n1c2ccccc2c2cc(-c3ccccc3)ccc21. The largest absolute Gasteiger partial charge is 0.417 e. The van der Waals surface area contributed by atoms with E-state index in [4.69, 9.17) is 15.0 Å². The van der Waals surface area contributed by atoms with Crippen molar-refractivity contribution in [3.63, 3.8) is 0 Å². The molecule has 7 heteroatoms. The summed E-state index contributed by atoms with van der Waals surface area (Å²) in [6.07, 6.45) is -4.57. The first-order valence-corrected chi connectivity index (χ1v) is 17.2. The van der Waals surface area contributed by atoms with E-state index in [1.54, 1.807) is 18.2 Å². The Kier molecular flexibility index (Phi) is 7.89. The van der Waals surface area contributed by atoms with E-state index in [1.165, 1.54) is 12.1 Å². The van der Waals surface area contributed by atoms with Crippen LogP contribution in [0.1, 0.15) is 5.56 Å². The Morgan fingerprint density at radius 3 is 1.53 bits per heavy atom. The van der Waals surface area contributed by atoms with Gasteiger partial charge in [-0.1, -0.05) is 146 Å². The minimum absolute atomic E-state index is 0.0824.